The summed E-state index contributed by atoms with van der Waals surface area (Å²) in [5.74, 6) is -1.18. The van der Waals surface area contributed by atoms with E-state index < -0.39 is 11.4 Å². The van der Waals surface area contributed by atoms with Gasteiger partial charge in [-0.3, -0.25) is 9.59 Å². The Kier molecular flexibility index (Phi) is 5.19. The van der Waals surface area contributed by atoms with E-state index in [2.05, 4.69) is 0 Å². The molecule has 0 saturated carbocycles. The maximum atomic E-state index is 12.7. The second-order valence-electron chi connectivity index (χ2n) is 6.01. The molecule has 0 aromatic heterocycles. The van der Waals surface area contributed by atoms with Gasteiger partial charge in [-0.25, -0.2) is 0 Å². The second-order valence-corrected chi connectivity index (χ2v) is 6.01. The number of benzene rings is 1. The van der Waals surface area contributed by atoms with Crippen LogP contribution in [0.15, 0.2) is 30.3 Å². The largest absolute Gasteiger partial charge is 0.481 e. The first kappa shape index (κ1) is 16.5. The molecule has 1 aliphatic heterocycles. The van der Waals surface area contributed by atoms with Crippen LogP contribution in [0.25, 0.3) is 0 Å². The van der Waals surface area contributed by atoms with Gasteiger partial charge in [0.2, 0.25) is 5.91 Å². The fraction of sp³-hybridized carbons (Fsp3) is 0.529. The molecule has 1 aromatic rings. The summed E-state index contributed by atoms with van der Waals surface area (Å²) in [5.41, 5.74) is -0.0373. The summed E-state index contributed by atoms with van der Waals surface area (Å²) < 4.78 is 5.10. The summed E-state index contributed by atoms with van der Waals surface area (Å²) in [6.45, 7) is 2.82. The molecule has 1 unspecified atom stereocenters. The summed E-state index contributed by atoms with van der Waals surface area (Å²) >= 11 is 0. The predicted octanol–water partition coefficient (Wildman–Crippen LogP) is 2.13. The van der Waals surface area contributed by atoms with Gasteiger partial charge in [0.1, 0.15) is 5.41 Å². The average molecular weight is 305 g/mol. The first-order valence-electron chi connectivity index (χ1n) is 7.56. The third kappa shape index (κ3) is 3.30. The summed E-state index contributed by atoms with van der Waals surface area (Å²) in [7, 11) is 1.50. The maximum absolute atomic E-state index is 12.7. The molecular formula is C17H23NO4. The molecule has 1 heterocycles. The number of methoxy groups -OCH3 is 1. The van der Waals surface area contributed by atoms with Gasteiger partial charge >= 0.3 is 5.97 Å². The van der Waals surface area contributed by atoms with Crippen molar-refractivity contribution in [3.63, 3.8) is 0 Å². The lowest BCUT2D eigenvalue weighted by Crippen LogP contribution is -2.52. The SMILES string of the molecule is COCC1(C(=O)O)CCCN(C(=O)[C@H](C)c2ccccc2)C1. The minimum atomic E-state index is -0.987. The van der Waals surface area contributed by atoms with Gasteiger partial charge < -0.3 is 14.7 Å². The van der Waals surface area contributed by atoms with Crippen molar-refractivity contribution in [1.29, 1.82) is 0 Å². The van der Waals surface area contributed by atoms with Crippen LogP contribution < -0.4 is 0 Å². The van der Waals surface area contributed by atoms with Crippen molar-refractivity contribution in [1.82, 2.24) is 4.90 Å². The third-order valence-corrected chi connectivity index (χ3v) is 4.43. The second kappa shape index (κ2) is 6.92. The van der Waals surface area contributed by atoms with E-state index in [-0.39, 0.29) is 25.0 Å². The topological polar surface area (TPSA) is 66.8 Å². The highest BCUT2D eigenvalue weighted by Gasteiger charge is 2.44. The number of amides is 1. The normalized spacial score (nSPS) is 23.1. The lowest BCUT2D eigenvalue weighted by Gasteiger charge is -2.40. The molecule has 5 heteroatoms. The smallest absolute Gasteiger partial charge is 0.313 e. The Bertz CT molecular complexity index is 527. The van der Waals surface area contributed by atoms with Crippen LogP contribution in [-0.4, -0.2) is 48.7 Å². The highest BCUT2D eigenvalue weighted by atomic mass is 16.5. The van der Waals surface area contributed by atoms with Crippen LogP contribution >= 0.6 is 0 Å². The standard InChI is InChI=1S/C17H23NO4/c1-13(14-7-4-3-5-8-14)15(19)18-10-6-9-17(11-18,12-22-2)16(20)21/h3-5,7-8,13H,6,9-12H2,1-2H3,(H,20,21)/t13-,17?/m1/s1. The average Bonchev–Trinajstić information content (AvgIpc) is 2.54. The van der Waals surface area contributed by atoms with Crippen LogP contribution in [0.3, 0.4) is 0 Å². The molecule has 0 bridgehead atoms. The van der Waals surface area contributed by atoms with Crippen molar-refractivity contribution in [2.75, 3.05) is 26.8 Å². The quantitative estimate of drug-likeness (QED) is 0.905. The van der Waals surface area contributed by atoms with Crippen LogP contribution in [0, 0.1) is 5.41 Å². The van der Waals surface area contributed by atoms with Gasteiger partial charge in [-0.1, -0.05) is 30.3 Å². The van der Waals surface area contributed by atoms with Crippen LogP contribution in [0.1, 0.15) is 31.2 Å². The zero-order valence-corrected chi connectivity index (χ0v) is 13.1. The van der Waals surface area contributed by atoms with Crippen molar-refractivity contribution in [2.24, 2.45) is 5.41 Å². The van der Waals surface area contributed by atoms with Gasteiger partial charge in [0.05, 0.1) is 12.5 Å². The highest BCUT2D eigenvalue weighted by Crippen LogP contribution is 2.32. The molecule has 5 nitrogen and oxygen atoms in total. The molecule has 1 amide bonds. The maximum Gasteiger partial charge on any atom is 0.313 e. The Morgan fingerprint density at radius 2 is 2.05 bits per heavy atom. The monoisotopic (exact) mass is 305 g/mol. The predicted molar refractivity (Wildman–Crippen MR) is 82.6 cm³/mol. The minimum Gasteiger partial charge on any atom is -0.481 e. The lowest BCUT2D eigenvalue weighted by atomic mass is 9.80. The number of rotatable bonds is 5. The van der Waals surface area contributed by atoms with Crippen LogP contribution in [0.5, 0.6) is 0 Å². The number of hydrogen-bond donors (Lipinski definition) is 1. The molecule has 1 fully saturated rings. The zero-order valence-electron chi connectivity index (χ0n) is 13.1. The number of likely N-dealkylation sites (tertiary alicyclic amines) is 1. The van der Waals surface area contributed by atoms with Crippen molar-refractivity contribution in [2.45, 2.75) is 25.7 Å². The number of aliphatic carboxylic acids is 1. The Balaban J connectivity index is 2.14. The molecule has 1 aliphatic rings. The van der Waals surface area contributed by atoms with Gasteiger partial charge in [0, 0.05) is 20.2 Å². The van der Waals surface area contributed by atoms with Gasteiger partial charge in [-0.2, -0.15) is 0 Å². The molecule has 0 spiro atoms. The highest BCUT2D eigenvalue weighted by molar-refractivity contribution is 5.84. The summed E-state index contributed by atoms with van der Waals surface area (Å²) in [5, 5.41) is 9.56. The van der Waals surface area contributed by atoms with Gasteiger partial charge in [-0.05, 0) is 25.3 Å². The molecular weight excluding hydrogens is 282 g/mol. The fourth-order valence-electron chi connectivity index (χ4n) is 3.11. The third-order valence-electron chi connectivity index (χ3n) is 4.43. The van der Waals surface area contributed by atoms with E-state index in [0.717, 1.165) is 5.56 Å². The molecule has 120 valence electrons. The summed E-state index contributed by atoms with van der Waals surface area (Å²) in [4.78, 5) is 26.0. The van der Waals surface area contributed by atoms with Crippen molar-refractivity contribution in [3.8, 4) is 0 Å². The molecule has 0 aliphatic carbocycles. The Morgan fingerprint density at radius 1 is 1.36 bits per heavy atom. The van der Waals surface area contributed by atoms with Gasteiger partial charge in [0.25, 0.3) is 0 Å². The molecule has 0 radical (unpaired) electrons. The van der Waals surface area contributed by atoms with E-state index in [1.165, 1.54) is 7.11 Å². The molecule has 1 aromatic carbocycles. The zero-order chi connectivity index (χ0) is 16.2. The number of carboxylic acid groups (broad SMARTS) is 1. The number of piperidine rings is 1. The molecule has 2 atom stereocenters. The van der Waals surface area contributed by atoms with E-state index in [1.54, 1.807) is 4.90 Å². The Morgan fingerprint density at radius 3 is 2.64 bits per heavy atom. The molecule has 1 saturated heterocycles. The van der Waals surface area contributed by atoms with E-state index in [9.17, 15) is 14.7 Å². The number of hydrogen-bond acceptors (Lipinski definition) is 3. The van der Waals surface area contributed by atoms with Crippen LogP contribution in [0.4, 0.5) is 0 Å². The van der Waals surface area contributed by atoms with Crippen molar-refractivity contribution < 1.29 is 19.4 Å². The summed E-state index contributed by atoms with van der Waals surface area (Å²) in [6, 6.07) is 9.57. The van der Waals surface area contributed by atoms with Crippen LogP contribution in [0.2, 0.25) is 0 Å². The van der Waals surface area contributed by atoms with E-state index in [4.69, 9.17) is 4.74 Å². The Hall–Kier alpha value is -1.88. The number of carboxylic acids is 1. The van der Waals surface area contributed by atoms with Crippen LogP contribution in [-0.2, 0) is 14.3 Å². The number of carbonyl (C=O) groups is 2. The molecule has 22 heavy (non-hydrogen) atoms. The fourth-order valence-corrected chi connectivity index (χ4v) is 3.11. The van der Waals surface area contributed by atoms with E-state index in [0.29, 0.717) is 19.4 Å². The minimum absolute atomic E-state index is 0.0207. The number of carbonyl (C=O) groups excluding carboxylic acids is 1. The first-order valence-corrected chi connectivity index (χ1v) is 7.56. The first-order chi connectivity index (χ1) is 10.5. The van der Waals surface area contributed by atoms with E-state index in [1.807, 2.05) is 37.3 Å². The number of ether oxygens (including phenoxy) is 1. The number of nitrogens with zero attached hydrogens (tertiary/aromatic N) is 1. The summed E-state index contributed by atoms with van der Waals surface area (Å²) in [6.07, 6.45) is 1.22. The van der Waals surface area contributed by atoms with Gasteiger partial charge in [-0.15, -0.1) is 0 Å². The van der Waals surface area contributed by atoms with Gasteiger partial charge in [0.15, 0.2) is 0 Å². The molecule has 1 N–H and O–H groups in total. The Labute approximate surface area is 130 Å². The molecule has 2 rings (SSSR count). The van der Waals surface area contributed by atoms with Crippen molar-refractivity contribution in [3.05, 3.63) is 35.9 Å². The van der Waals surface area contributed by atoms with E-state index >= 15 is 0 Å². The van der Waals surface area contributed by atoms with Crippen molar-refractivity contribution >= 4 is 11.9 Å². The lowest BCUT2D eigenvalue weighted by molar-refractivity contribution is -0.159.